The number of nitrogens with zero attached hydrogens (tertiary/aromatic N) is 2. The Hall–Kier alpha value is -1.33. The Balaban J connectivity index is 2.27. The van der Waals surface area contributed by atoms with Crippen LogP contribution in [-0.4, -0.2) is 16.5 Å². The third-order valence-electron chi connectivity index (χ3n) is 2.84. The van der Waals surface area contributed by atoms with Crippen LogP contribution in [0.15, 0.2) is 28.7 Å². The van der Waals surface area contributed by atoms with Gasteiger partial charge in [0.2, 0.25) is 0 Å². The average Bonchev–Trinajstić information content (AvgIpc) is 2.48. The molecule has 0 saturated heterocycles. The zero-order chi connectivity index (χ0) is 15.2. The first kappa shape index (κ1) is 16.0. The Kier molecular flexibility index (Phi) is 5.82. The average molecular weight is 370 g/mol. The third kappa shape index (κ3) is 4.58. The van der Waals surface area contributed by atoms with Gasteiger partial charge in [-0.3, -0.25) is 0 Å². The summed E-state index contributed by atoms with van der Waals surface area (Å²) >= 11 is 9.54. The van der Waals surface area contributed by atoms with Gasteiger partial charge in [-0.15, -0.1) is 0 Å². The molecule has 0 atom stereocenters. The van der Waals surface area contributed by atoms with Crippen LogP contribution in [0.4, 0.5) is 17.3 Å². The highest BCUT2D eigenvalue weighted by atomic mass is 79.9. The van der Waals surface area contributed by atoms with Crippen molar-refractivity contribution >= 4 is 44.9 Å². The second-order valence-corrected chi connectivity index (χ2v) is 5.87. The van der Waals surface area contributed by atoms with Gasteiger partial charge in [-0.05, 0) is 40.5 Å². The van der Waals surface area contributed by atoms with E-state index in [1.54, 1.807) is 0 Å². The maximum atomic E-state index is 6.04. The van der Waals surface area contributed by atoms with Crippen molar-refractivity contribution in [3.63, 3.8) is 0 Å². The molecule has 1 heterocycles. The highest BCUT2D eigenvalue weighted by Crippen LogP contribution is 2.28. The van der Waals surface area contributed by atoms with Gasteiger partial charge in [0, 0.05) is 28.5 Å². The quantitative estimate of drug-likeness (QED) is 0.750. The molecule has 2 rings (SSSR count). The Morgan fingerprint density at radius 1 is 1.14 bits per heavy atom. The van der Waals surface area contributed by atoms with Crippen molar-refractivity contribution in [2.45, 2.75) is 26.7 Å². The monoisotopic (exact) mass is 368 g/mol. The van der Waals surface area contributed by atoms with Crippen LogP contribution in [0.25, 0.3) is 0 Å². The van der Waals surface area contributed by atoms with E-state index in [2.05, 4.69) is 43.5 Å². The molecule has 2 aromatic rings. The Labute approximate surface area is 138 Å². The van der Waals surface area contributed by atoms with Crippen LogP contribution >= 0.6 is 27.5 Å². The smallest absolute Gasteiger partial charge is 0.136 e. The van der Waals surface area contributed by atoms with Gasteiger partial charge in [-0.2, -0.15) is 0 Å². The minimum atomic E-state index is 0.676. The molecule has 4 nitrogen and oxygen atoms in total. The SMILES string of the molecule is CCCNc1cc(Nc2cc(Cl)ccc2Br)nc(CC)n1. The van der Waals surface area contributed by atoms with E-state index in [0.29, 0.717) is 5.02 Å². The predicted octanol–water partition coefficient (Wildman–Crippen LogP) is 5.02. The summed E-state index contributed by atoms with van der Waals surface area (Å²) in [6.45, 7) is 5.05. The summed E-state index contributed by atoms with van der Waals surface area (Å²) in [5.74, 6) is 2.39. The second kappa shape index (κ2) is 7.61. The van der Waals surface area contributed by atoms with Crippen molar-refractivity contribution < 1.29 is 0 Å². The molecule has 21 heavy (non-hydrogen) atoms. The first-order valence-electron chi connectivity index (χ1n) is 6.96. The molecule has 112 valence electrons. The van der Waals surface area contributed by atoms with E-state index in [-0.39, 0.29) is 0 Å². The molecule has 1 aromatic carbocycles. The van der Waals surface area contributed by atoms with Crippen LogP contribution in [0, 0.1) is 0 Å². The lowest BCUT2D eigenvalue weighted by Gasteiger charge is -2.12. The number of rotatable bonds is 6. The van der Waals surface area contributed by atoms with Crippen LogP contribution < -0.4 is 10.6 Å². The van der Waals surface area contributed by atoms with Gasteiger partial charge in [0.25, 0.3) is 0 Å². The van der Waals surface area contributed by atoms with Gasteiger partial charge >= 0.3 is 0 Å². The number of halogens is 2. The lowest BCUT2D eigenvalue weighted by Crippen LogP contribution is -2.07. The largest absolute Gasteiger partial charge is 0.370 e. The summed E-state index contributed by atoms with van der Waals surface area (Å²) in [6, 6.07) is 7.51. The van der Waals surface area contributed by atoms with Crippen LogP contribution in [-0.2, 0) is 6.42 Å². The molecular formula is C15H18BrClN4. The van der Waals surface area contributed by atoms with Gasteiger partial charge in [0.05, 0.1) is 5.69 Å². The first-order valence-corrected chi connectivity index (χ1v) is 8.13. The molecule has 0 unspecified atom stereocenters. The minimum absolute atomic E-state index is 0.676. The van der Waals surface area contributed by atoms with E-state index < -0.39 is 0 Å². The zero-order valence-corrected chi connectivity index (χ0v) is 14.4. The third-order valence-corrected chi connectivity index (χ3v) is 3.76. The molecule has 0 bridgehead atoms. The number of benzene rings is 1. The predicted molar refractivity (Wildman–Crippen MR) is 92.6 cm³/mol. The number of hydrogen-bond donors (Lipinski definition) is 2. The first-order chi connectivity index (χ1) is 10.1. The number of aromatic nitrogens is 2. The number of aryl methyl sites for hydroxylation is 1. The highest BCUT2D eigenvalue weighted by molar-refractivity contribution is 9.10. The maximum Gasteiger partial charge on any atom is 0.136 e. The van der Waals surface area contributed by atoms with Crippen LogP contribution in [0.1, 0.15) is 26.1 Å². The van der Waals surface area contributed by atoms with Crippen molar-refractivity contribution in [2.75, 3.05) is 17.2 Å². The van der Waals surface area contributed by atoms with Crippen LogP contribution in [0.3, 0.4) is 0 Å². The van der Waals surface area contributed by atoms with E-state index in [0.717, 1.165) is 47.0 Å². The molecule has 0 saturated carbocycles. The van der Waals surface area contributed by atoms with E-state index in [9.17, 15) is 0 Å². The van der Waals surface area contributed by atoms with Gasteiger partial charge in [-0.25, -0.2) is 9.97 Å². The molecule has 0 amide bonds. The molecule has 2 N–H and O–H groups in total. The molecular weight excluding hydrogens is 352 g/mol. The standard InChI is InChI=1S/C15H18BrClN4/c1-3-7-18-14-9-15(21-13(4-2)20-14)19-12-8-10(17)5-6-11(12)16/h5-6,8-9H,3-4,7H2,1-2H3,(H2,18,19,20,21). The molecule has 0 aliphatic heterocycles. The van der Waals surface area contributed by atoms with Gasteiger partial charge in [-0.1, -0.05) is 25.4 Å². The molecule has 0 aliphatic rings. The fraction of sp³-hybridized carbons (Fsp3) is 0.333. The summed E-state index contributed by atoms with van der Waals surface area (Å²) in [7, 11) is 0. The van der Waals surface area contributed by atoms with Crippen LogP contribution in [0.2, 0.25) is 5.02 Å². The second-order valence-electron chi connectivity index (χ2n) is 4.58. The number of anilines is 3. The van der Waals surface area contributed by atoms with Crippen molar-refractivity contribution in [1.29, 1.82) is 0 Å². The Morgan fingerprint density at radius 3 is 2.62 bits per heavy atom. The molecule has 0 spiro atoms. The van der Waals surface area contributed by atoms with Crippen molar-refractivity contribution in [2.24, 2.45) is 0 Å². The molecule has 0 radical (unpaired) electrons. The van der Waals surface area contributed by atoms with Crippen molar-refractivity contribution in [3.05, 3.63) is 39.6 Å². The summed E-state index contributed by atoms with van der Waals surface area (Å²) in [5, 5.41) is 7.25. The summed E-state index contributed by atoms with van der Waals surface area (Å²) < 4.78 is 0.937. The summed E-state index contributed by atoms with van der Waals surface area (Å²) in [5.41, 5.74) is 0.879. The van der Waals surface area contributed by atoms with E-state index >= 15 is 0 Å². The van der Waals surface area contributed by atoms with E-state index in [1.807, 2.05) is 31.2 Å². The highest BCUT2D eigenvalue weighted by Gasteiger charge is 2.06. The fourth-order valence-electron chi connectivity index (χ4n) is 1.79. The zero-order valence-electron chi connectivity index (χ0n) is 12.1. The normalized spacial score (nSPS) is 10.5. The molecule has 0 aliphatic carbocycles. The fourth-order valence-corrected chi connectivity index (χ4v) is 2.31. The Morgan fingerprint density at radius 2 is 1.90 bits per heavy atom. The van der Waals surface area contributed by atoms with Crippen LogP contribution in [0.5, 0.6) is 0 Å². The molecule has 1 aromatic heterocycles. The minimum Gasteiger partial charge on any atom is -0.370 e. The van der Waals surface area contributed by atoms with Crippen molar-refractivity contribution in [1.82, 2.24) is 9.97 Å². The Bertz CT molecular complexity index is 619. The number of nitrogens with one attached hydrogen (secondary N) is 2. The maximum absolute atomic E-state index is 6.04. The number of hydrogen-bond acceptors (Lipinski definition) is 4. The molecule has 6 heteroatoms. The summed E-state index contributed by atoms with van der Waals surface area (Å²) in [6.07, 6.45) is 1.83. The topological polar surface area (TPSA) is 49.8 Å². The van der Waals surface area contributed by atoms with Gasteiger partial charge in [0.1, 0.15) is 17.5 Å². The summed E-state index contributed by atoms with van der Waals surface area (Å²) in [4.78, 5) is 8.97. The van der Waals surface area contributed by atoms with Gasteiger partial charge < -0.3 is 10.6 Å². The molecule has 0 fully saturated rings. The van der Waals surface area contributed by atoms with E-state index in [1.165, 1.54) is 0 Å². The van der Waals surface area contributed by atoms with Crippen molar-refractivity contribution in [3.8, 4) is 0 Å². The van der Waals surface area contributed by atoms with E-state index in [4.69, 9.17) is 11.6 Å². The lowest BCUT2D eigenvalue weighted by atomic mass is 10.3. The lowest BCUT2D eigenvalue weighted by molar-refractivity contribution is 0.919. The van der Waals surface area contributed by atoms with Gasteiger partial charge in [0.15, 0.2) is 0 Å².